The van der Waals surface area contributed by atoms with Gasteiger partial charge in [-0.2, -0.15) is 11.8 Å². The molecule has 0 aromatic rings. The molecule has 1 aliphatic carbocycles. The van der Waals surface area contributed by atoms with Crippen LogP contribution >= 0.6 is 11.8 Å². The first-order valence-electron chi connectivity index (χ1n) is 7.19. The van der Waals surface area contributed by atoms with Crippen LogP contribution in [0.4, 0.5) is 0 Å². The van der Waals surface area contributed by atoms with Crippen LogP contribution in [0.1, 0.15) is 46.0 Å². The van der Waals surface area contributed by atoms with E-state index < -0.39 is 0 Å². The molecule has 5 heteroatoms. The topological polar surface area (TPSA) is 49.4 Å². The minimum Gasteiger partial charge on any atom is -0.343 e. The first-order chi connectivity index (χ1) is 9.03. The van der Waals surface area contributed by atoms with Crippen molar-refractivity contribution in [2.75, 3.05) is 12.8 Å². The predicted octanol–water partition coefficient (Wildman–Crippen LogP) is 1.79. The maximum absolute atomic E-state index is 12.4. The Bertz CT molecular complexity index is 366. The molecule has 2 unspecified atom stereocenters. The molecule has 1 aliphatic heterocycles. The molecule has 1 N–H and O–H groups in total. The molecule has 0 aromatic carbocycles. The monoisotopic (exact) mass is 284 g/mol. The fourth-order valence-electron chi connectivity index (χ4n) is 3.27. The number of carbonyl (C=O) groups is 2. The van der Waals surface area contributed by atoms with Crippen LogP contribution in [0.2, 0.25) is 0 Å². The van der Waals surface area contributed by atoms with Crippen molar-refractivity contribution >= 4 is 23.6 Å². The number of rotatable bonds is 4. The number of hydrogen-bond donors (Lipinski definition) is 1. The zero-order valence-electron chi connectivity index (χ0n) is 12.1. The lowest BCUT2D eigenvalue weighted by molar-refractivity contribution is -0.149. The molecule has 2 rings (SSSR count). The Balaban J connectivity index is 2.18. The lowest BCUT2D eigenvalue weighted by Crippen LogP contribution is -2.64. The van der Waals surface area contributed by atoms with Crippen molar-refractivity contribution < 1.29 is 9.59 Å². The predicted molar refractivity (Wildman–Crippen MR) is 78.1 cm³/mol. The van der Waals surface area contributed by atoms with Gasteiger partial charge in [0.1, 0.15) is 12.1 Å². The molecule has 2 amide bonds. The van der Waals surface area contributed by atoms with E-state index >= 15 is 0 Å². The third-order valence-corrected chi connectivity index (χ3v) is 5.89. The van der Waals surface area contributed by atoms with E-state index in [1.54, 1.807) is 6.92 Å². The molecular weight excluding hydrogens is 260 g/mol. The Hall–Kier alpha value is -0.710. The average molecular weight is 284 g/mol. The highest BCUT2D eigenvalue weighted by atomic mass is 32.2. The second-order valence-electron chi connectivity index (χ2n) is 5.71. The zero-order chi connectivity index (χ0) is 14.0. The smallest absolute Gasteiger partial charge is 0.245 e. The number of nitrogens with one attached hydrogen (secondary N) is 1. The summed E-state index contributed by atoms with van der Waals surface area (Å²) in [6, 6.07) is -0.663. The lowest BCUT2D eigenvalue weighted by Gasteiger charge is -2.42. The van der Waals surface area contributed by atoms with E-state index in [4.69, 9.17) is 0 Å². The second-order valence-corrected chi connectivity index (χ2v) is 6.99. The van der Waals surface area contributed by atoms with Gasteiger partial charge in [0, 0.05) is 11.3 Å². The standard InChI is InChI=1S/C14H24N2O2S/c1-4-11-12(17)15-10(2)13(18)16(11)9-14(19-3)7-5-6-8-14/h10-11H,4-9H2,1-3H3,(H,15,17). The molecule has 0 spiro atoms. The van der Waals surface area contributed by atoms with E-state index in [0.717, 1.165) is 19.4 Å². The average Bonchev–Trinajstić information content (AvgIpc) is 2.85. The molecule has 2 atom stereocenters. The quantitative estimate of drug-likeness (QED) is 0.856. The van der Waals surface area contributed by atoms with E-state index in [1.807, 2.05) is 23.6 Å². The Morgan fingerprint density at radius 2 is 2.00 bits per heavy atom. The molecule has 1 saturated heterocycles. The maximum Gasteiger partial charge on any atom is 0.245 e. The Labute approximate surface area is 119 Å². The van der Waals surface area contributed by atoms with Gasteiger partial charge < -0.3 is 10.2 Å². The molecule has 108 valence electrons. The van der Waals surface area contributed by atoms with Crippen LogP contribution in [0.25, 0.3) is 0 Å². The van der Waals surface area contributed by atoms with Gasteiger partial charge in [0.25, 0.3) is 0 Å². The van der Waals surface area contributed by atoms with E-state index in [9.17, 15) is 9.59 Å². The number of carbonyl (C=O) groups excluding carboxylic acids is 2. The lowest BCUT2D eigenvalue weighted by atomic mass is 10.0. The molecule has 4 nitrogen and oxygen atoms in total. The fraction of sp³-hybridized carbons (Fsp3) is 0.857. The van der Waals surface area contributed by atoms with Crippen LogP contribution < -0.4 is 5.32 Å². The molecule has 19 heavy (non-hydrogen) atoms. The summed E-state index contributed by atoms with van der Waals surface area (Å²) in [7, 11) is 0. The van der Waals surface area contributed by atoms with Gasteiger partial charge in [-0.25, -0.2) is 0 Å². The van der Waals surface area contributed by atoms with Gasteiger partial charge in [-0.15, -0.1) is 0 Å². The first-order valence-corrected chi connectivity index (χ1v) is 8.41. The molecule has 2 fully saturated rings. The summed E-state index contributed by atoms with van der Waals surface area (Å²) < 4.78 is 0.167. The van der Waals surface area contributed by atoms with Crippen molar-refractivity contribution in [2.45, 2.75) is 62.8 Å². The summed E-state index contributed by atoms with van der Waals surface area (Å²) in [5.41, 5.74) is 0. The number of thioether (sulfide) groups is 1. The van der Waals surface area contributed by atoms with Crippen LogP contribution in [0.5, 0.6) is 0 Å². The normalized spacial score (nSPS) is 30.6. The fourth-order valence-corrected chi connectivity index (χ4v) is 4.23. The zero-order valence-corrected chi connectivity index (χ0v) is 12.9. The summed E-state index contributed by atoms with van der Waals surface area (Å²) in [5.74, 6) is 0.0793. The second kappa shape index (κ2) is 5.73. The molecule has 0 radical (unpaired) electrons. The van der Waals surface area contributed by atoms with Crippen molar-refractivity contribution in [3.8, 4) is 0 Å². The van der Waals surface area contributed by atoms with Crippen molar-refractivity contribution in [1.29, 1.82) is 0 Å². The summed E-state index contributed by atoms with van der Waals surface area (Å²) >= 11 is 1.86. The number of nitrogens with zero attached hydrogens (tertiary/aromatic N) is 1. The van der Waals surface area contributed by atoms with Gasteiger partial charge in [0.2, 0.25) is 11.8 Å². The Kier molecular flexibility index (Phi) is 4.43. The molecule has 0 bridgehead atoms. The van der Waals surface area contributed by atoms with E-state index in [1.165, 1.54) is 12.8 Å². The molecule has 2 aliphatic rings. The molecule has 1 heterocycles. The molecule has 1 saturated carbocycles. The van der Waals surface area contributed by atoms with E-state index in [0.29, 0.717) is 6.42 Å². The van der Waals surface area contributed by atoms with Gasteiger partial charge in [-0.3, -0.25) is 9.59 Å². The van der Waals surface area contributed by atoms with Crippen LogP contribution in [-0.4, -0.2) is 46.3 Å². The molecule has 0 aromatic heterocycles. The Morgan fingerprint density at radius 3 is 2.53 bits per heavy atom. The minimum absolute atomic E-state index is 0.00356. The summed E-state index contributed by atoms with van der Waals surface area (Å²) in [6.45, 7) is 4.48. The maximum atomic E-state index is 12.4. The van der Waals surface area contributed by atoms with Crippen molar-refractivity contribution in [1.82, 2.24) is 10.2 Å². The number of piperazine rings is 1. The SMILES string of the molecule is CCC1C(=O)NC(C)C(=O)N1CC1(SC)CCCC1. The minimum atomic E-state index is -0.379. The van der Waals surface area contributed by atoms with Crippen LogP contribution in [-0.2, 0) is 9.59 Å². The van der Waals surface area contributed by atoms with Crippen molar-refractivity contribution in [2.24, 2.45) is 0 Å². The van der Waals surface area contributed by atoms with Gasteiger partial charge >= 0.3 is 0 Å². The Morgan fingerprint density at radius 1 is 1.37 bits per heavy atom. The summed E-state index contributed by atoms with van der Waals surface area (Å²) in [5, 5.41) is 2.78. The van der Waals surface area contributed by atoms with Crippen molar-refractivity contribution in [3.05, 3.63) is 0 Å². The van der Waals surface area contributed by atoms with Crippen LogP contribution in [0, 0.1) is 0 Å². The number of hydrogen-bond acceptors (Lipinski definition) is 3. The van der Waals surface area contributed by atoms with Crippen LogP contribution in [0.15, 0.2) is 0 Å². The highest BCUT2D eigenvalue weighted by Gasteiger charge is 2.43. The summed E-state index contributed by atoms with van der Waals surface area (Å²) in [4.78, 5) is 26.3. The third kappa shape index (κ3) is 2.76. The van der Waals surface area contributed by atoms with Crippen molar-refractivity contribution in [3.63, 3.8) is 0 Å². The third-order valence-electron chi connectivity index (χ3n) is 4.48. The number of amides is 2. The highest BCUT2D eigenvalue weighted by molar-refractivity contribution is 8.00. The van der Waals surface area contributed by atoms with Gasteiger partial charge in [0.15, 0.2) is 0 Å². The highest BCUT2D eigenvalue weighted by Crippen LogP contribution is 2.41. The largest absolute Gasteiger partial charge is 0.343 e. The van der Waals surface area contributed by atoms with E-state index in [-0.39, 0.29) is 28.6 Å². The van der Waals surface area contributed by atoms with Gasteiger partial charge in [0.05, 0.1) is 0 Å². The van der Waals surface area contributed by atoms with Crippen LogP contribution in [0.3, 0.4) is 0 Å². The van der Waals surface area contributed by atoms with E-state index in [2.05, 4.69) is 11.6 Å². The summed E-state index contributed by atoms with van der Waals surface area (Å²) in [6.07, 6.45) is 7.61. The molecular formula is C14H24N2O2S. The first kappa shape index (κ1) is 14.7. The van der Waals surface area contributed by atoms with Gasteiger partial charge in [-0.05, 0) is 32.4 Å². The van der Waals surface area contributed by atoms with Gasteiger partial charge in [-0.1, -0.05) is 19.8 Å².